The Morgan fingerprint density at radius 1 is 1.41 bits per heavy atom. The number of nitrogens with one attached hydrogen (secondary N) is 1. The lowest BCUT2D eigenvalue weighted by Gasteiger charge is -2.18. The third-order valence-corrected chi connectivity index (χ3v) is 3.43. The predicted molar refractivity (Wildman–Crippen MR) is 80.8 cm³/mol. The molecule has 0 spiro atoms. The minimum Gasteiger partial charge on any atom is -0.388 e. The number of rotatable bonds is 6. The second kappa shape index (κ2) is 7.17. The van der Waals surface area contributed by atoms with Gasteiger partial charge in [0.15, 0.2) is 0 Å². The van der Waals surface area contributed by atoms with Crippen molar-refractivity contribution in [1.29, 1.82) is 0 Å². The molecule has 0 fully saturated rings. The largest absolute Gasteiger partial charge is 0.388 e. The first-order valence-electron chi connectivity index (χ1n) is 7.26. The number of hydrogen-bond donors (Lipinski definition) is 2. The van der Waals surface area contributed by atoms with E-state index in [1.54, 1.807) is 23.0 Å². The quantitative estimate of drug-likeness (QED) is 0.860. The summed E-state index contributed by atoms with van der Waals surface area (Å²) in [7, 11) is 0. The first kappa shape index (κ1) is 16.2. The van der Waals surface area contributed by atoms with Crippen LogP contribution in [0.2, 0.25) is 0 Å². The molecule has 1 heterocycles. The number of nitrogens with zero attached hydrogens (tertiary/aromatic N) is 2. The van der Waals surface area contributed by atoms with Crippen LogP contribution in [0.3, 0.4) is 0 Å². The Hall–Kier alpha value is -2.21. The van der Waals surface area contributed by atoms with Gasteiger partial charge >= 0.3 is 0 Å². The molecule has 0 aliphatic rings. The monoisotopic (exact) mass is 305 g/mol. The summed E-state index contributed by atoms with van der Waals surface area (Å²) in [6.45, 7) is 4.46. The molecule has 2 atom stereocenters. The summed E-state index contributed by atoms with van der Waals surface area (Å²) in [6, 6.07) is 5.47. The number of benzene rings is 1. The second-order valence-electron chi connectivity index (χ2n) is 5.26. The molecule has 0 saturated heterocycles. The molecular weight excluding hydrogens is 285 g/mol. The minimum atomic E-state index is -0.755. The normalized spacial score (nSPS) is 13.6. The number of aliphatic hydroxyl groups is 1. The fourth-order valence-electron chi connectivity index (χ4n) is 2.18. The fourth-order valence-corrected chi connectivity index (χ4v) is 2.18. The van der Waals surface area contributed by atoms with Gasteiger partial charge in [-0.3, -0.25) is 9.48 Å². The summed E-state index contributed by atoms with van der Waals surface area (Å²) >= 11 is 0. The number of hydrogen-bond acceptors (Lipinski definition) is 3. The Balaban J connectivity index is 1.90. The van der Waals surface area contributed by atoms with Crippen LogP contribution < -0.4 is 5.32 Å². The Morgan fingerprint density at radius 3 is 2.68 bits per heavy atom. The van der Waals surface area contributed by atoms with Gasteiger partial charge in [0.25, 0.3) is 5.91 Å². The molecule has 6 heteroatoms. The molecule has 2 N–H and O–H groups in total. The van der Waals surface area contributed by atoms with E-state index in [1.807, 2.05) is 13.8 Å². The van der Waals surface area contributed by atoms with Gasteiger partial charge in [-0.2, -0.15) is 5.10 Å². The average molecular weight is 305 g/mol. The highest BCUT2D eigenvalue weighted by molar-refractivity contribution is 5.93. The van der Waals surface area contributed by atoms with Crippen molar-refractivity contribution in [1.82, 2.24) is 15.1 Å². The number of aryl methyl sites for hydroxylation is 1. The van der Waals surface area contributed by atoms with E-state index in [9.17, 15) is 14.3 Å². The molecule has 1 aromatic carbocycles. The van der Waals surface area contributed by atoms with E-state index in [0.717, 1.165) is 0 Å². The standard InChI is InChI=1S/C16H20FN3O2/c1-3-20-10-13(9-18-20)16(22)19-11(2)8-15(21)12-4-6-14(17)7-5-12/h4-7,9-11,15,21H,3,8H2,1-2H3,(H,19,22). The molecule has 2 rings (SSSR count). The van der Waals surface area contributed by atoms with Crippen molar-refractivity contribution in [3.8, 4) is 0 Å². The van der Waals surface area contributed by atoms with E-state index < -0.39 is 6.10 Å². The van der Waals surface area contributed by atoms with Gasteiger partial charge in [-0.1, -0.05) is 12.1 Å². The Labute approximate surface area is 128 Å². The summed E-state index contributed by atoms with van der Waals surface area (Å²) in [5.41, 5.74) is 1.12. The maximum Gasteiger partial charge on any atom is 0.254 e. The van der Waals surface area contributed by atoms with Gasteiger partial charge in [-0.05, 0) is 38.0 Å². The SMILES string of the molecule is CCn1cc(C(=O)NC(C)CC(O)c2ccc(F)cc2)cn1. The molecule has 22 heavy (non-hydrogen) atoms. The maximum absolute atomic E-state index is 12.9. The topological polar surface area (TPSA) is 67.2 Å². The zero-order chi connectivity index (χ0) is 16.1. The van der Waals surface area contributed by atoms with E-state index in [1.165, 1.54) is 18.3 Å². The van der Waals surface area contributed by atoms with Crippen LogP contribution in [0.5, 0.6) is 0 Å². The van der Waals surface area contributed by atoms with Gasteiger partial charge in [0.05, 0.1) is 17.9 Å². The third-order valence-electron chi connectivity index (χ3n) is 3.43. The molecule has 0 aliphatic heterocycles. The molecule has 2 aromatic rings. The van der Waals surface area contributed by atoms with Gasteiger partial charge in [0.2, 0.25) is 0 Å². The molecule has 118 valence electrons. The van der Waals surface area contributed by atoms with Gasteiger partial charge < -0.3 is 10.4 Å². The van der Waals surface area contributed by atoms with Crippen LogP contribution in [-0.2, 0) is 6.54 Å². The lowest BCUT2D eigenvalue weighted by molar-refractivity contribution is 0.0917. The predicted octanol–water partition coefficient (Wildman–Crippen LogP) is 2.28. The van der Waals surface area contributed by atoms with Crippen molar-refractivity contribution in [3.05, 3.63) is 53.6 Å². The molecule has 0 aliphatic carbocycles. The minimum absolute atomic E-state index is 0.224. The average Bonchev–Trinajstić information content (AvgIpc) is 2.96. The van der Waals surface area contributed by atoms with Crippen LogP contribution in [0, 0.1) is 5.82 Å². The second-order valence-corrected chi connectivity index (χ2v) is 5.26. The van der Waals surface area contributed by atoms with Crippen LogP contribution in [-0.4, -0.2) is 26.8 Å². The van der Waals surface area contributed by atoms with Crippen LogP contribution in [0.1, 0.15) is 42.3 Å². The Morgan fingerprint density at radius 2 is 2.09 bits per heavy atom. The van der Waals surface area contributed by atoms with Crippen LogP contribution in [0.25, 0.3) is 0 Å². The molecule has 0 radical (unpaired) electrons. The molecule has 5 nitrogen and oxygen atoms in total. The smallest absolute Gasteiger partial charge is 0.254 e. The third kappa shape index (κ3) is 4.14. The highest BCUT2D eigenvalue weighted by Crippen LogP contribution is 2.18. The van der Waals surface area contributed by atoms with E-state index in [0.29, 0.717) is 24.1 Å². The van der Waals surface area contributed by atoms with Crippen molar-refractivity contribution in [2.45, 2.75) is 39.0 Å². The number of carbonyl (C=O) groups excluding carboxylic acids is 1. The molecular formula is C16H20FN3O2. The van der Waals surface area contributed by atoms with E-state index in [-0.39, 0.29) is 17.8 Å². The number of halogens is 1. The van der Waals surface area contributed by atoms with E-state index >= 15 is 0 Å². The molecule has 0 saturated carbocycles. The number of aromatic nitrogens is 2. The van der Waals surface area contributed by atoms with Crippen molar-refractivity contribution in [2.75, 3.05) is 0 Å². The lowest BCUT2D eigenvalue weighted by Crippen LogP contribution is -2.33. The summed E-state index contributed by atoms with van der Waals surface area (Å²) in [4.78, 5) is 12.1. The van der Waals surface area contributed by atoms with Gasteiger partial charge in [-0.25, -0.2) is 4.39 Å². The summed E-state index contributed by atoms with van der Waals surface area (Å²) < 4.78 is 14.5. The fraction of sp³-hybridized carbons (Fsp3) is 0.375. The number of aliphatic hydroxyl groups excluding tert-OH is 1. The van der Waals surface area contributed by atoms with Crippen molar-refractivity contribution in [3.63, 3.8) is 0 Å². The Bertz CT molecular complexity index is 625. The molecule has 0 bridgehead atoms. The highest BCUT2D eigenvalue weighted by atomic mass is 19.1. The highest BCUT2D eigenvalue weighted by Gasteiger charge is 2.16. The summed E-state index contributed by atoms with van der Waals surface area (Å²) in [5, 5.41) is 17.0. The number of amides is 1. The van der Waals surface area contributed by atoms with Gasteiger partial charge in [0, 0.05) is 18.8 Å². The Kier molecular flexibility index (Phi) is 5.27. The van der Waals surface area contributed by atoms with Crippen molar-refractivity contribution >= 4 is 5.91 Å². The van der Waals surface area contributed by atoms with Crippen LogP contribution in [0.4, 0.5) is 4.39 Å². The molecule has 1 amide bonds. The van der Waals surface area contributed by atoms with E-state index in [4.69, 9.17) is 0 Å². The van der Waals surface area contributed by atoms with Crippen molar-refractivity contribution in [2.24, 2.45) is 0 Å². The van der Waals surface area contributed by atoms with Crippen LogP contribution >= 0.6 is 0 Å². The molecule has 2 unspecified atom stereocenters. The zero-order valence-electron chi connectivity index (χ0n) is 12.7. The summed E-state index contributed by atoms with van der Waals surface area (Å²) in [6.07, 6.45) is 2.79. The summed E-state index contributed by atoms with van der Waals surface area (Å²) in [5.74, 6) is -0.566. The van der Waals surface area contributed by atoms with Crippen molar-refractivity contribution < 1.29 is 14.3 Å². The first-order chi connectivity index (χ1) is 10.5. The zero-order valence-corrected chi connectivity index (χ0v) is 12.7. The maximum atomic E-state index is 12.9. The molecule has 1 aromatic heterocycles. The lowest BCUT2D eigenvalue weighted by atomic mass is 10.0. The van der Waals surface area contributed by atoms with Gasteiger partial charge in [0.1, 0.15) is 5.82 Å². The van der Waals surface area contributed by atoms with Crippen LogP contribution in [0.15, 0.2) is 36.7 Å². The first-order valence-corrected chi connectivity index (χ1v) is 7.26. The van der Waals surface area contributed by atoms with E-state index in [2.05, 4.69) is 10.4 Å². The number of carbonyl (C=O) groups is 1. The van der Waals surface area contributed by atoms with Gasteiger partial charge in [-0.15, -0.1) is 0 Å².